The minimum Gasteiger partial charge on any atom is -0.457 e. The summed E-state index contributed by atoms with van der Waals surface area (Å²) in [7, 11) is 0. The van der Waals surface area contributed by atoms with Crippen LogP contribution >= 0.6 is 0 Å². The lowest BCUT2D eigenvalue weighted by molar-refractivity contribution is -0.138. The number of nitrogens with two attached hydrogens (primary N) is 1. The van der Waals surface area contributed by atoms with E-state index in [0.29, 0.717) is 12.1 Å². The minimum atomic E-state index is -4.68. The topological polar surface area (TPSA) is 35.2 Å². The molecule has 0 unspecified atom stereocenters. The van der Waals surface area contributed by atoms with Gasteiger partial charge in [0, 0.05) is 11.8 Å². The van der Waals surface area contributed by atoms with E-state index in [2.05, 4.69) is 0 Å². The van der Waals surface area contributed by atoms with Crippen LogP contribution in [0.5, 0.6) is 11.5 Å². The Morgan fingerprint density at radius 2 is 1.60 bits per heavy atom. The molecule has 2 nitrogen and oxygen atoms in total. The van der Waals surface area contributed by atoms with Crippen LogP contribution < -0.4 is 10.5 Å². The van der Waals surface area contributed by atoms with Gasteiger partial charge in [0.2, 0.25) is 0 Å². The number of hydrogen-bond acceptors (Lipinski definition) is 2. The summed E-state index contributed by atoms with van der Waals surface area (Å²) in [6.45, 7) is 0. The molecule has 2 N–H and O–H groups in total. The van der Waals surface area contributed by atoms with Crippen molar-refractivity contribution in [2.24, 2.45) is 0 Å². The molecule has 0 aliphatic carbocycles. The van der Waals surface area contributed by atoms with Gasteiger partial charge < -0.3 is 10.5 Å². The molecule has 2 aromatic rings. The highest BCUT2D eigenvalue weighted by Crippen LogP contribution is 2.39. The number of ether oxygens (including phenoxy) is 1. The van der Waals surface area contributed by atoms with Crippen LogP contribution in [0.25, 0.3) is 0 Å². The van der Waals surface area contributed by atoms with Crippen molar-refractivity contribution in [2.45, 2.75) is 6.18 Å². The summed E-state index contributed by atoms with van der Waals surface area (Å²) in [6, 6.07) is 5.37. The second kappa shape index (κ2) is 4.99. The van der Waals surface area contributed by atoms with Crippen LogP contribution in [-0.2, 0) is 6.18 Å². The normalized spacial score (nSPS) is 11.4. The summed E-state index contributed by atoms with van der Waals surface area (Å²) in [5, 5.41) is 0. The summed E-state index contributed by atoms with van der Waals surface area (Å²) < 4.78 is 69.1. The highest BCUT2D eigenvalue weighted by Gasteiger charge is 2.34. The fourth-order valence-corrected chi connectivity index (χ4v) is 1.53. The van der Waals surface area contributed by atoms with E-state index in [1.807, 2.05) is 0 Å². The second-order valence-corrected chi connectivity index (χ2v) is 3.93. The molecular weight excluding hydrogens is 281 g/mol. The van der Waals surface area contributed by atoms with Gasteiger partial charge in [0.05, 0.1) is 0 Å². The van der Waals surface area contributed by atoms with Crippen molar-refractivity contribution in [3.63, 3.8) is 0 Å². The van der Waals surface area contributed by atoms with Crippen molar-refractivity contribution in [3.8, 4) is 11.5 Å². The number of alkyl halides is 3. The maximum Gasteiger partial charge on any atom is 0.420 e. The number of anilines is 1. The maximum atomic E-state index is 13.0. The van der Waals surface area contributed by atoms with Gasteiger partial charge in [0.1, 0.15) is 17.1 Å². The largest absolute Gasteiger partial charge is 0.457 e. The Balaban J connectivity index is 2.40. The van der Waals surface area contributed by atoms with Gasteiger partial charge in [-0.15, -0.1) is 0 Å². The van der Waals surface area contributed by atoms with Crippen molar-refractivity contribution in [1.29, 1.82) is 0 Å². The molecular formula is C13H8F5NO. The molecule has 0 saturated carbocycles. The van der Waals surface area contributed by atoms with Crippen molar-refractivity contribution in [3.05, 3.63) is 53.6 Å². The zero-order valence-electron chi connectivity index (χ0n) is 9.84. The Morgan fingerprint density at radius 3 is 2.20 bits per heavy atom. The Hall–Kier alpha value is -2.31. The van der Waals surface area contributed by atoms with Crippen LogP contribution in [-0.4, -0.2) is 0 Å². The molecule has 2 aromatic carbocycles. The SMILES string of the molecule is Nc1ccc(Oc2ccc(F)c(F)c2)c(C(F)(F)F)c1. The van der Waals surface area contributed by atoms with Crippen LogP contribution in [0, 0.1) is 11.6 Å². The molecule has 20 heavy (non-hydrogen) atoms. The van der Waals surface area contributed by atoms with Gasteiger partial charge >= 0.3 is 6.18 Å². The molecule has 0 fully saturated rings. The molecule has 0 atom stereocenters. The first-order chi connectivity index (χ1) is 9.27. The number of hydrogen-bond donors (Lipinski definition) is 1. The lowest BCUT2D eigenvalue weighted by Gasteiger charge is -2.14. The molecule has 0 heterocycles. The predicted octanol–water partition coefficient (Wildman–Crippen LogP) is 4.36. The zero-order valence-corrected chi connectivity index (χ0v) is 9.84. The second-order valence-electron chi connectivity index (χ2n) is 3.93. The number of halogens is 5. The molecule has 2 rings (SSSR count). The first-order valence-electron chi connectivity index (χ1n) is 5.37. The Kier molecular flexibility index (Phi) is 3.52. The van der Waals surface area contributed by atoms with Crippen molar-refractivity contribution < 1.29 is 26.7 Å². The molecule has 7 heteroatoms. The van der Waals surface area contributed by atoms with E-state index in [0.717, 1.165) is 18.2 Å². The third-order valence-electron chi connectivity index (χ3n) is 2.43. The van der Waals surface area contributed by atoms with Gasteiger partial charge in [0.25, 0.3) is 0 Å². The highest BCUT2D eigenvalue weighted by atomic mass is 19.4. The molecule has 106 valence electrons. The summed E-state index contributed by atoms with van der Waals surface area (Å²) in [6.07, 6.45) is -4.68. The fourth-order valence-electron chi connectivity index (χ4n) is 1.53. The van der Waals surface area contributed by atoms with Gasteiger partial charge in [-0.3, -0.25) is 0 Å². The van der Waals surface area contributed by atoms with E-state index in [9.17, 15) is 22.0 Å². The van der Waals surface area contributed by atoms with E-state index in [-0.39, 0.29) is 11.4 Å². The molecule has 0 spiro atoms. The molecule has 0 bridgehead atoms. The summed E-state index contributed by atoms with van der Waals surface area (Å²) in [5.74, 6) is -3.13. The Bertz CT molecular complexity index is 639. The quantitative estimate of drug-likeness (QED) is 0.658. The molecule has 0 radical (unpaired) electrons. The predicted molar refractivity (Wildman–Crippen MR) is 62.3 cm³/mol. The number of benzene rings is 2. The van der Waals surface area contributed by atoms with E-state index in [1.165, 1.54) is 6.07 Å². The molecule has 0 aliphatic heterocycles. The molecule has 0 aliphatic rings. The average molecular weight is 289 g/mol. The van der Waals surface area contributed by atoms with Gasteiger partial charge in [-0.05, 0) is 30.3 Å². The Labute approximate surface area is 110 Å². The van der Waals surface area contributed by atoms with E-state index in [4.69, 9.17) is 10.5 Å². The standard InChI is InChI=1S/C13H8F5NO/c14-10-3-2-8(6-11(10)15)20-12-4-1-7(19)5-9(12)13(16,17)18/h1-6H,19H2. The third kappa shape index (κ3) is 2.98. The van der Waals surface area contributed by atoms with Gasteiger partial charge in [-0.1, -0.05) is 0 Å². The van der Waals surface area contributed by atoms with Gasteiger partial charge in [0.15, 0.2) is 11.6 Å². The number of nitrogen functional groups attached to an aromatic ring is 1. The monoisotopic (exact) mass is 289 g/mol. The van der Waals surface area contributed by atoms with Crippen molar-refractivity contribution >= 4 is 5.69 Å². The van der Waals surface area contributed by atoms with E-state index < -0.39 is 29.1 Å². The summed E-state index contributed by atoms with van der Waals surface area (Å²) >= 11 is 0. The zero-order chi connectivity index (χ0) is 14.9. The smallest absolute Gasteiger partial charge is 0.420 e. The van der Waals surface area contributed by atoms with Crippen LogP contribution in [0.2, 0.25) is 0 Å². The van der Waals surface area contributed by atoms with Crippen molar-refractivity contribution in [1.82, 2.24) is 0 Å². The lowest BCUT2D eigenvalue weighted by Crippen LogP contribution is -2.08. The lowest BCUT2D eigenvalue weighted by atomic mass is 10.1. The fraction of sp³-hybridized carbons (Fsp3) is 0.0769. The van der Waals surface area contributed by atoms with Gasteiger partial charge in [-0.2, -0.15) is 13.2 Å². The molecule has 0 saturated heterocycles. The average Bonchev–Trinajstić information content (AvgIpc) is 2.35. The van der Waals surface area contributed by atoms with Crippen LogP contribution in [0.3, 0.4) is 0 Å². The van der Waals surface area contributed by atoms with Crippen LogP contribution in [0.15, 0.2) is 36.4 Å². The number of rotatable bonds is 2. The first-order valence-corrected chi connectivity index (χ1v) is 5.37. The maximum absolute atomic E-state index is 13.0. The van der Waals surface area contributed by atoms with Crippen molar-refractivity contribution in [2.75, 3.05) is 5.73 Å². The highest BCUT2D eigenvalue weighted by molar-refractivity contribution is 5.50. The molecule has 0 amide bonds. The van der Waals surface area contributed by atoms with Crippen LogP contribution in [0.1, 0.15) is 5.56 Å². The third-order valence-corrected chi connectivity index (χ3v) is 2.43. The minimum absolute atomic E-state index is 0.0880. The van der Waals surface area contributed by atoms with E-state index in [1.54, 1.807) is 0 Å². The van der Waals surface area contributed by atoms with E-state index >= 15 is 0 Å². The molecule has 0 aromatic heterocycles. The van der Waals surface area contributed by atoms with Gasteiger partial charge in [-0.25, -0.2) is 8.78 Å². The Morgan fingerprint density at radius 1 is 0.900 bits per heavy atom. The summed E-state index contributed by atoms with van der Waals surface area (Å²) in [4.78, 5) is 0. The summed E-state index contributed by atoms with van der Waals surface area (Å²) in [5.41, 5.74) is 4.11. The first kappa shape index (κ1) is 14.1. The van der Waals surface area contributed by atoms with Crippen LogP contribution in [0.4, 0.5) is 27.6 Å².